The van der Waals surface area contributed by atoms with Crippen LogP contribution in [-0.2, 0) is 10.0 Å². The topological polar surface area (TPSA) is 79.0 Å². The molecular weight excluding hydrogens is 474 g/mol. The smallest absolute Gasteiger partial charge is 0.262 e. The molecule has 1 aliphatic heterocycles. The lowest BCUT2D eigenvalue weighted by molar-refractivity contribution is 0.0747. The maximum atomic E-state index is 13.5. The highest BCUT2D eigenvalue weighted by Gasteiger charge is 2.28. The summed E-state index contributed by atoms with van der Waals surface area (Å²) in [5.41, 5.74) is 4.87. The van der Waals surface area contributed by atoms with Gasteiger partial charge in [-0.2, -0.15) is 0 Å². The molecule has 7 nitrogen and oxygen atoms in total. The number of carbonyl (C=O) groups excluding carboxylic acids is 1. The fraction of sp³-hybridized carbons (Fsp3) is 0.321. The summed E-state index contributed by atoms with van der Waals surface area (Å²) >= 11 is 0. The number of aryl methyl sites for hydroxylation is 2. The van der Waals surface area contributed by atoms with Gasteiger partial charge in [-0.05, 0) is 74.2 Å². The van der Waals surface area contributed by atoms with E-state index < -0.39 is 10.0 Å². The van der Waals surface area contributed by atoms with E-state index in [0.29, 0.717) is 42.9 Å². The number of rotatable bonds is 6. The Labute approximate surface area is 213 Å². The number of piperazine rings is 1. The van der Waals surface area contributed by atoms with Crippen molar-refractivity contribution < 1.29 is 17.9 Å². The van der Waals surface area contributed by atoms with Crippen LogP contribution in [-0.4, -0.2) is 52.5 Å². The van der Waals surface area contributed by atoms with Gasteiger partial charge in [0.1, 0.15) is 5.75 Å². The van der Waals surface area contributed by atoms with Gasteiger partial charge < -0.3 is 14.5 Å². The third kappa shape index (κ3) is 4.91. The van der Waals surface area contributed by atoms with E-state index in [-0.39, 0.29) is 16.5 Å². The standard InChI is InChI=1S/C28H33N3O4S/c1-19-18-20(2)22(4)27(21(19)3)36(33,34)29-24-11-7-6-10-23(24)28(32)31-16-14-30(15-17-31)25-12-8-9-13-26(25)35-5/h6-13,18,29H,14-17H2,1-5H3. The van der Waals surface area contributed by atoms with E-state index in [1.54, 1.807) is 36.3 Å². The molecule has 8 heteroatoms. The number of amides is 1. The zero-order valence-electron chi connectivity index (χ0n) is 21.5. The number of ether oxygens (including phenoxy) is 1. The predicted molar refractivity (Wildman–Crippen MR) is 144 cm³/mol. The Morgan fingerprint density at radius 3 is 2.08 bits per heavy atom. The number of hydrogen-bond acceptors (Lipinski definition) is 5. The van der Waals surface area contributed by atoms with E-state index in [9.17, 15) is 13.2 Å². The monoisotopic (exact) mass is 507 g/mol. The van der Waals surface area contributed by atoms with Gasteiger partial charge in [0, 0.05) is 26.2 Å². The van der Waals surface area contributed by atoms with Crippen LogP contribution in [0.3, 0.4) is 0 Å². The van der Waals surface area contributed by atoms with Crippen LogP contribution in [0.25, 0.3) is 0 Å². The molecule has 0 saturated carbocycles. The molecule has 1 saturated heterocycles. The van der Waals surface area contributed by atoms with Gasteiger partial charge in [0.05, 0.1) is 28.9 Å². The van der Waals surface area contributed by atoms with Crippen LogP contribution < -0.4 is 14.4 Å². The first-order valence-corrected chi connectivity index (χ1v) is 13.5. The molecule has 1 fully saturated rings. The van der Waals surface area contributed by atoms with Gasteiger partial charge >= 0.3 is 0 Å². The van der Waals surface area contributed by atoms with Gasteiger partial charge in [0.25, 0.3) is 15.9 Å². The van der Waals surface area contributed by atoms with Gasteiger partial charge in [0.15, 0.2) is 0 Å². The number of hydrogen-bond donors (Lipinski definition) is 1. The van der Waals surface area contributed by atoms with Gasteiger partial charge in [-0.3, -0.25) is 9.52 Å². The maximum absolute atomic E-state index is 13.5. The second-order valence-corrected chi connectivity index (χ2v) is 10.8. The van der Waals surface area contributed by atoms with Crippen LogP contribution >= 0.6 is 0 Å². The molecule has 0 bridgehead atoms. The number of anilines is 2. The summed E-state index contributed by atoms with van der Waals surface area (Å²) < 4.78 is 35.2. The van der Waals surface area contributed by atoms with Crippen molar-refractivity contribution in [2.24, 2.45) is 0 Å². The fourth-order valence-electron chi connectivity index (χ4n) is 4.75. The Bertz CT molecular complexity index is 1370. The number of carbonyl (C=O) groups is 1. The number of nitrogens with one attached hydrogen (secondary N) is 1. The minimum atomic E-state index is -3.90. The van der Waals surface area contributed by atoms with Crippen molar-refractivity contribution in [3.63, 3.8) is 0 Å². The molecule has 36 heavy (non-hydrogen) atoms. The Morgan fingerprint density at radius 1 is 0.861 bits per heavy atom. The molecule has 1 aliphatic rings. The number of nitrogens with zero attached hydrogens (tertiary/aromatic N) is 2. The van der Waals surface area contributed by atoms with E-state index in [2.05, 4.69) is 9.62 Å². The molecule has 1 amide bonds. The first-order valence-electron chi connectivity index (χ1n) is 12.0. The molecule has 1 N–H and O–H groups in total. The molecule has 0 unspecified atom stereocenters. The highest BCUT2D eigenvalue weighted by atomic mass is 32.2. The van der Waals surface area contributed by atoms with Gasteiger partial charge in [-0.25, -0.2) is 8.42 Å². The lowest BCUT2D eigenvalue weighted by atomic mass is 10.0. The van der Waals surface area contributed by atoms with Crippen LogP contribution in [0.5, 0.6) is 5.75 Å². The number of para-hydroxylation sites is 3. The minimum absolute atomic E-state index is 0.193. The van der Waals surface area contributed by atoms with Crippen LogP contribution in [0.4, 0.5) is 11.4 Å². The molecule has 0 spiro atoms. The molecule has 1 heterocycles. The Balaban J connectivity index is 1.56. The summed E-state index contributed by atoms with van der Waals surface area (Å²) in [5, 5.41) is 0. The number of methoxy groups -OCH3 is 1. The second kappa shape index (κ2) is 10.2. The third-order valence-electron chi connectivity index (χ3n) is 6.96. The zero-order valence-corrected chi connectivity index (χ0v) is 22.3. The van der Waals surface area contributed by atoms with Crippen molar-refractivity contribution in [2.45, 2.75) is 32.6 Å². The van der Waals surface area contributed by atoms with E-state index >= 15 is 0 Å². The lowest BCUT2D eigenvalue weighted by Crippen LogP contribution is -2.49. The third-order valence-corrected chi connectivity index (χ3v) is 8.60. The first kappa shape index (κ1) is 25.6. The zero-order chi connectivity index (χ0) is 26.0. The van der Waals surface area contributed by atoms with E-state index in [1.807, 2.05) is 58.0 Å². The minimum Gasteiger partial charge on any atom is -0.495 e. The lowest BCUT2D eigenvalue weighted by Gasteiger charge is -2.36. The van der Waals surface area contributed by atoms with Gasteiger partial charge in [0.2, 0.25) is 0 Å². The van der Waals surface area contributed by atoms with Crippen LogP contribution in [0.2, 0.25) is 0 Å². The predicted octanol–water partition coefficient (Wildman–Crippen LogP) is 4.69. The van der Waals surface area contributed by atoms with Crippen molar-refractivity contribution in [1.29, 1.82) is 0 Å². The van der Waals surface area contributed by atoms with Crippen molar-refractivity contribution >= 4 is 27.3 Å². The highest BCUT2D eigenvalue weighted by molar-refractivity contribution is 7.92. The van der Waals surface area contributed by atoms with E-state index in [0.717, 1.165) is 22.6 Å². The average molecular weight is 508 g/mol. The molecule has 0 aromatic heterocycles. The van der Waals surface area contributed by atoms with Crippen molar-refractivity contribution in [3.05, 3.63) is 82.4 Å². The molecule has 190 valence electrons. The second-order valence-electron chi connectivity index (χ2n) is 9.19. The molecule has 4 rings (SSSR count). The van der Waals surface area contributed by atoms with E-state index in [1.165, 1.54) is 0 Å². The first-order chi connectivity index (χ1) is 17.1. The van der Waals surface area contributed by atoms with E-state index in [4.69, 9.17) is 4.74 Å². The SMILES string of the molecule is COc1ccccc1N1CCN(C(=O)c2ccccc2NS(=O)(=O)c2c(C)c(C)cc(C)c2C)CC1. The van der Waals surface area contributed by atoms with Gasteiger partial charge in [-0.15, -0.1) is 0 Å². The van der Waals surface area contributed by atoms with Crippen LogP contribution in [0.1, 0.15) is 32.6 Å². The summed E-state index contributed by atoms with van der Waals surface area (Å²) in [6.07, 6.45) is 0. The molecule has 0 atom stereocenters. The summed E-state index contributed by atoms with van der Waals surface area (Å²) in [7, 11) is -2.25. The largest absolute Gasteiger partial charge is 0.495 e. The Hall–Kier alpha value is -3.52. The quantitative estimate of drug-likeness (QED) is 0.524. The summed E-state index contributed by atoms with van der Waals surface area (Å²) in [6, 6.07) is 16.6. The van der Waals surface area contributed by atoms with Crippen molar-refractivity contribution in [3.8, 4) is 5.75 Å². The van der Waals surface area contributed by atoms with Gasteiger partial charge in [-0.1, -0.05) is 30.3 Å². The summed E-state index contributed by atoms with van der Waals surface area (Å²) in [4.78, 5) is 17.7. The molecule has 0 aliphatic carbocycles. The molecule has 0 radical (unpaired) electrons. The average Bonchev–Trinajstić information content (AvgIpc) is 2.87. The normalized spacial score (nSPS) is 14.0. The molecule has 3 aromatic carbocycles. The Morgan fingerprint density at radius 2 is 1.44 bits per heavy atom. The Kier molecular flexibility index (Phi) is 7.26. The van der Waals surface area contributed by atoms with Crippen molar-refractivity contribution in [2.75, 3.05) is 42.9 Å². The summed E-state index contributed by atoms with van der Waals surface area (Å²) in [6.45, 7) is 9.79. The molecule has 3 aromatic rings. The maximum Gasteiger partial charge on any atom is 0.262 e. The van der Waals surface area contributed by atoms with Crippen LogP contribution in [0.15, 0.2) is 59.5 Å². The number of benzene rings is 3. The molecular formula is C28H33N3O4S. The fourth-order valence-corrected chi connectivity index (χ4v) is 6.45. The van der Waals surface area contributed by atoms with Crippen LogP contribution in [0, 0.1) is 27.7 Å². The highest BCUT2D eigenvalue weighted by Crippen LogP contribution is 2.31. The number of sulfonamides is 1. The van der Waals surface area contributed by atoms with Crippen molar-refractivity contribution in [1.82, 2.24) is 4.90 Å². The summed E-state index contributed by atoms with van der Waals surface area (Å²) in [5.74, 6) is 0.607.